The molecule has 11 aromatic rings. The minimum absolute atomic E-state index is 0.0178. The Kier molecular flexibility index (Phi) is 23.2. The Hall–Kier alpha value is -12.5. The summed E-state index contributed by atoms with van der Waals surface area (Å²) in [6.45, 7) is 18.3. The lowest BCUT2D eigenvalue weighted by Gasteiger charge is -2.37. The standard InChI is InChI=1S/C48H54N12O2.C40H44N6O6/c1-29(2)39(57-45-49-19-9-20-50-45)41(61)59-23-7-17-47(59,5)43-53-28-38(56-43)35-14-13-31-25-32(11-12-33(31)26-35)34-15-16-36-37(27-34)55-44(54-36)48(6)18-8-24-60(48)42(62)40(30(3)4)58-46-51-21-10-22-52-46;1-25(2)36(44-40(51)52-3)39(50)46-20-8-12-33(46)37(48)42-31-17-15-27-22-28(13-14-29(27)23-31)30-16-18-34(41-24-30)43-38(49)32-11-7-19-45(32)35(47)21-26-9-5-4-6-10-26/h9-16,19-22,25-30,39-40H,7-8,17-18,23-24H2,1-6H3,(H,53,56)(H,54,55)(H,49,50,57)(H,51,52,58);4-6,9-10,13-18,22-25,32-33,36H,7-8,11-12,19-21H2,1-3H3,(H,42,48)(H,44,51)(H,41,43,49)/t39-,40-,47-,48-;32-,33-,36-/m00/s1. The second-order valence-corrected chi connectivity index (χ2v) is 31.5. The van der Waals surface area contributed by atoms with E-state index < -0.39 is 47.4 Å². The average molecular weight is 1540 g/mol. The van der Waals surface area contributed by atoms with Crippen LogP contribution < -0.4 is 26.6 Å². The van der Waals surface area contributed by atoms with Crippen molar-refractivity contribution in [3.8, 4) is 33.5 Å². The maximum absolute atomic E-state index is 14.2. The third-order valence-electron chi connectivity index (χ3n) is 22.7. The number of methoxy groups -OCH3 is 1. The number of fused-ring (bicyclic) bond motifs is 3. The average Bonchev–Trinajstić information content (AvgIpc) is 1.60. The van der Waals surface area contributed by atoms with Crippen molar-refractivity contribution >= 4 is 97.5 Å². The fourth-order valence-corrected chi connectivity index (χ4v) is 16.3. The molecule has 4 saturated heterocycles. The van der Waals surface area contributed by atoms with Gasteiger partial charge in [0, 0.05) is 74.0 Å². The number of likely N-dealkylation sites (tertiary alicyclic amines) is 4. The van der Waals surface area contributed by atoms with E-state index >= 15 is 0 Å². The van der Waals surface area contributed by atoms with Gasteiger partial charge in [0.1, 0.15) is 47.7 Å². The van der Waals surface area contributed by atoms with Crippen LogP contribution in [0, 0.1) is 17.8 Å². The van der Waals surface area contributed by atoms with Crippen molar-refractivity contribution < 1.29 is 38.3 Å². The molecule has 0 bridgehead atoms. The maximum Gasteiger partial charge on any atom is 0.407 e. The zero-order chi connectivity index (χ0) is 80.0. The molecule has 4 aliphatic rings. The van der Waals surface area contributed by atoms with Crippen LogP contribution in [0.5, 0.6) is 0 Å². The number of hydrogen-bond donors (Lipinski definition) is 7. The normalized spacial score (nSPS) is 18.9. The van der Waals surface area contributed by atoms with Gasteiger partial charge in [0.2, 0.25) is 47.3 Å². The van der Waals surface area contributed by atoms with E-state index in [1.807, 2.05) is 130 Å². The summed E-state index contributed by atoms with van der Waals surface area (Å²) in [5.41, 5.74) is 8.05. The summed E-state index contributed by atoms with van der Waals surface area (Å²) in [5.74, 6) is 1.89. The molecule has 4 aliphatic heterocycles. The molecular weight excluding hydrogens is 1440 g/mol. The number of aromatic nitrogens is 9. The van der Waals surface area contributed by atoms with Gasteiger partial charge in [-0.2, -0.15) is 0 Å². The molecular formula is C88H98N18O8. The summed E-state index contributed by atoms with van der Waals surface area (Å²) in [6, 6.07) is 44.7. The highest BCUT2D eigenvalue weighted by molar-refractivity contribution is 6.01. The number of H-pyrrole nitrogens is 2. The van der Waals surface area contributed by atoms with Crippen LogP contribution in [0.3, 0.4) is 0 Å². The first-order valence-electron chi connectivity index (χ1n) is 39.4. The van der Waals surface area contributed by atoms with Gasteiger partial charge in [0.05, 0.1) is 47.5 Å². The van der Waals surface area contributed by atoms with E-state index in [-0.39, 0.29) is 59.6 Å². The molecule has 5 aromatic heterocycles. The third kappa shape index (κ3) is 16.8. The highest BCUT2D eigenvalue weighted by atomic mass is 16.5. The molecule has 7 amide bonds. The van der Waals surface area contributed by atoms with Crippen LogP contribution in [0.4, 0.5) is 28.2 Å². The second kappa shape index (κ2) is 33.8. The molecule has 15 rings (SSSR count). The predicted molar refractivity (Wildman–Crippen MR) is 440 cm³/mol. The van der Waals surface area contributed by atoms with Gasteiger partial charge >= 0.3 is 6.09 Å². The van der Waals surface area contributed by atoms with E-state index in [2.05, 4.69) is 130 Å². The molecule has 114 heavy (non-hydrogen) atoms. The molecule has 9 heterocycles. The van der Waals surface area contributed by atoms with Gasteiger partial charge < -0.3 is 60.9 Å². The number of alkyl carbamates (subject to hydrolysis) is 1. The molecule has 6 aromatic carbocycles. The molecule has 588 valence electrons. The summed E-state index contributed by atoms with van der Waals surface area (Å²) in [6.07, 6.45) is 15.8. The fourth-order valence-electron chi connectivity index (χ4n) is 16.3. The number of amides is 7. The lowest BCUT2D eigenvalue weighted by Crippen LogP contribution is -2.54. The monoisotopic (exact) mass is 1530 g/mol. The molecule has 0 radical (unpaired) electrons. The number of ether oxygens (including phenoxy) is 1. The summed E-state index contributed by atoms with van der Waals surface area (Å²) in [5, 5.41) is 19.1. The number of anilines is 4. The van der Waals surface area contributed by atoms with Crippen molar-refractivity contribution in [1.29, 1.82) is 0 Å². The number of carbonyl (C=O) groups excluding carboxylic acids is 7. The van der Waals surface area contributed by atoms with Gasteiger partial charge in [-0.05, 0) is 193 Å². The lowest BCUT2D eigenvalue weighted by atomic mass is 9.95. The SMILES string of the molecule is CC(C)[C@H](Nc1ncccn1)C(=O)N1CCC[C@@]1(C)c1ncc(-c2ccc3cc(-c4ccc5nc([C@]6(C)CCCN6C(=O)[C@@H](Nc6ncccn6)C(C)C)[nH]c5c4)ccc3c2)[nH]1.COC(=O)N[C@H](C(=O)N1CCC[C@H]1C(=O)Nc1ccc2cc(-c3ccc(NC(=O)[C@@H]4CCCN4C(=O)Cc4ccccc4)nc3)ccc2c1)C(C)C. The Balaban J connectivity index is 0.000000192. The maximum atomic E-state index is 14.2. The second-order valence-electron chi connectivity index (χ2n) is 31.5. The van der Waals surface area contributed by atoms with E-state index in [0.29, 0.717) is 68.8 Å². The zero-order valence-corrected chi connectivity index (χ0v) is 65.8. The Bertz CT molecular complexity index is 5330. The first-order chi connectivity index (χ1) is 55.0. The highest BCUT2D eigenvalue weighted by Gasteiger charge is 2.48. The van der Waals surface area contributed by atoms with Crippen molar-refractivity contribution in [1.82, 2.24) is 69.8 Å². The number of aromatic amines is 2. The van der Waals surface area contributed by atoms with E-state index in [4.69, 9.17) is 14.7 Å². The van der Waals surface area contributed by atoms with Crippen LogP contribution in [0.25, 0.3) is 66.1 Å². The molecule has 7 N–H and O–H groups in total. The molecule has 0 spiro atoms. The van der Waals surface area contributed by atoms with E-state index in [9.17, 15) is 33.6 Å². The largest absolute Gasteiger partial charge is 0.453 e. The van der Waals surface area contributed by atoms with Gasteiger partial charge in [-0.25, -0.2) is 39.7 Å². The van der Waals surface area contributed by atoms with Crippen molar-refractivity contribution in [3.63, 3.8) is 0 Å². The summed E-state index contributed by atoms with van der Waals surface area (Å²) in [4.78, 5) is 139. The van der Waals surface area contributed by atoms with Crippen LogP contribution in [0.1, 0.15) is 124 Å². The van der Waals surface area contributed by atoms with E-state index in [0.717, 1.165) is 115 Å². The number of imidazole rings is 2. The summed E-state index contributed by atoms with van der Waals surface area (Å²) >= 11 is 0. The van der Waals surface area contributed by atoms with Crippen LogP contribution in [0.2, 0.25) is 0 Å². The number of hydrogen-bond acceptors (Lipinski definition) is 17. The van der Waals surface area contributed by atoms with Crippen molar-refractivity contribution in [2.24, 2.45) is 17.8 Å². The van der Waals surface area contributed by atoms with Gasteiger partial charge in [-0.1, -0.05) is 120 Å². The number of benzene rings is 6. The van der Waals surface area contributed by atoms with Crippen LogP contribution in [0.15, 0.2) is 183 Å². The molecule has 7 atom stereocenters. The van der Waals surface area contributed by atoms with Crippen LogP contribution >= 0.6 is 0 Å². The molecule has 26 heteroatoms. The molecule has 26 nitrogen and oxygen atoms in total. The van der Waals surface area contributed by atoms with Gasteiger partial charge in [0.25, 0.3) is 0 Å². The summed E-state index contributed by atoms with van der Waals surface area (Å²) in [7, 11) is 1.25. The molecule has 0 aliphatic carbocycles. The Morgan fingerprint density at radius 1 is 0.491 bits per heavy atom. The van der Waals surface area contributed by atoms with Crippen LogP contribution in [-0.4, -0.2) is 169 Å². The minimum Gasteiger partial charge on any atom is -0.453 e. The Morgan fingerprint density at radius 3 is 1.60 bits per heavy atom. The van der Waals surface area contributed by atoms with E-state index in [1.54, 1.807) is 59.0 Å². The highest BCUT2D eigenvalue weighted by Crippen LogP contribution is 2.42. The van der Waals surface area contributed by atoms with Gasteiger partial charge in [-0.15, -0.1) is 0 Å². The van der Waals surface area contributed by atoms with Crippen molar-refractivity contribution in [2.75, 3.05) is 54.6 Å². The number of nitrogens with zero attached hydrogens (tertiary/aromatic N) is 11. The smallest absolute Gasteiger partial charge is 0.407 e. The van der Waals surface area contributed by atoms with Crippen molar-refractivity contribution in [3.05, 3.63) is 200 Å². The molecule has 0 unspecified atom stereocenters. The Morgan fingerprint density at radius 2 is 1.01 bits per heavy atom. The number of rotatable bonds is 22. The zero-order valence-electron chi connectivity index (χ0n) is 65.8. The predicted octanol–water partition coefficient (Wildman–Crippen LogP) is 13.7. The number of pyridine rings is 1. The summed E-state index contributed by atoms with van der Waals surface area (Å²) < 4.78 is 4.69. The first kappa shape index (κ1) is 78.2. The van der Waals surface area contributed by atoms with Crippen molar-refractivity contribution in [2.45, 2.75) is 154 Å². The fraction of sp³-hybridized carbons (Fsp3) is 0.364. The number of nitrogens with one attached hydrogen (secondary N) is 7. The Labute approximate surface area is 662 Å². The quantitative estimate of drug-likeness (QED) is 0.0331. The van der Waals surface area contributed by atoms with Gasteiger partial charge in [-0.3, -0.25) is 28.8 Å². The molecule has 0 saturated carbocycles. The van der Waals surface area contributed by atoms with Gasteiger partial charge in [0.15, 0.2) is 0 Å². The van der Waals surface area contributed by atoms with E-state index in [1.165, 1.54) is 7.11 Å². The molecule has 4 fully saturated rings. The lowest BCUT2D eigenvalue weighted by molar-refractivity contribution is -0.139. The first-order valence-corrected chi connectivity index (χ1v) is 39.4. The minimum atomic E-state index is -0.800. The third-order valence-corrected chi connectivity index (χ3v) is 22.7. The van der Waals surface area contributed by atoms with Crippen LogP contribution in [-0.2, 0) is 51.0 Å². The topological polar surface area (TPSA) is 324 Å². The number of carbonyl (C=O) groups is 7.